The van der Waals surface area contributed by atoms with Crippen molar-refractivity contribution in [3.8, 4) is 0 Å². The molecule has 0 aromatic heterocycles. The van der Waals surface area contributed by atoms with Crippen molar-refractivity contribution in [3.05, 3.63) is 0 Å². The molecule has 0 amide bonds. The molecule has 1 atom stereocenters. The van der Waals surface area contributed by atoms with Gasteiger partial charge in [0.1, 0.15) is 12.6 Å². The van der Waals surface area contributed by atoms with Crippen molar-refractivity contribution in [1.82, 2.24) is 0 Å². The summed E-state index contributed by atoms with van der Waals surface area (Å²) in [7, 11) is 0. The molecule has 0 aromatic carbocycles. The van der Waals surface area contributed by atoms with Crippen molar-refractivity contribution in [2.45, 2.75) is 58.5 Å². The highest BCUT2D eigenvalue weighted by Crippen LogP contribution is 2.59. The molecule has 0 heterocycles. The van der Waals surface area contributed by atoms with Gasteiger partial charge in [-0.25, -0.2) is 0 Å². The third-order valence-corrected chi connectivity index (χ3v) is 6.41. The number of quaternary nitrogens is 1. The average molecular weight is 296 g/mol. The van der Waals surface area contributed by atoms with Crippen LogP contribution in [0.1, 0.15) is 52.4 Å². The highest BCUT2D eigenvalue weighted by atomic mass is 16.5. The summed E-state index contributed by atoms with van der Waals surface area (Å²) in [5, 5.41) is 10.1. The van der Waals surface area contributed by atoms with Crippen molar-refractivity contribution in [2.24, 2.45) is 23.2 Å². The number of hydrogen-bond acceptors (Lipinski definition) is 2. The molecule has 0 aromatic rings. The molecule has 4 aliphatic rings. The third-order valence-electron chi connectivity index (χ3n) is 6.41. The van der Waals surface area contributed by atoms with Gasteiger partial charge >= 0.3 is 0 Å². The number of aliphatic hydroxyl groups is 1. The molecule has 2 N–H and O–H groups in total. The second-order valence-electron chi connectivity index (χ2n) is 8.25. The number of likely N-dealkylation sites (N-methyl/N-ethyl adjacent to an activating group) is 1. The molecule has 3 heteroatoms. The summed E-state index contributed by atoms with van der Waals surface area (Å²) in [5.74, 6) is 2.97. The average Bonchev–Trinajstić information content (AvgIpc) is 2.43. The summed E-state index contributed by atoms with van der Waals surface area (Å²) < 4.78 is 6.01. The van der Waals surface area contributed by atoms with Gasteiger partial charge in [0, 0.05) is 0 Å². The van der Waals surface area contributed by atoms with Crippen LogP contribution in [-0.4, -0.2) is 44.1 Å². The lowest BCUT2D eigenvalue weighted by Crippen LogP contribution is -3.12. The summed E-state index contributed by atoms with van der Waals surface area (Å²) in [4.78, 5) is 1.46. The van der Waals surface area contributed by atoms with Gasteiger partial charge < -0.3 is 14.7 Å². The largest absolute Gasteiger partial charge is 0.385 e. The van der Waals surface area contributed by atoms with Crippen LogP contribution in [0.5, 0.6) is 0 Å². The minimum atomic E-state index is -0.297. The maximum Gasteiger partial charge on any atom is 0.126 e. The van der Waals surface area contributed by atoms with Gasteiger partial charge in [0.15, 0.2) is 0 Å². The van der Waals surface area contributed by atoms with E-state index in [2.05, 4.69) is 13.8 Å². The Morgan fingerprint density at radius 3 is 2.05 bits per heavy atom. The molecule has 0 saturated heterocycles. The zero-order valence-corrected chi connectivity index (χ0v) is 13.9. The first-order valence-electron chi connectivity index (χ1n) is 9.22. The molecule has 4 rings (SSSR count). The molecule has 0 spiro atoms. The lowest BCUT2D eigenvalue weighted by atomic mass is 9.50. The van der Waals surface area contributed by atoms with Crippen LogP contribution < -0.4 is 4.90 Å². The van der Waals surface area contributed by atoms with Crippen LogP contribution in [0.2, 0.25) is 0 Å². The van der Waals surface area contributed by atoms with E-state index in [1.165, 1.54) is 43.4 Å². The molecular weight excluding hydrogens is 262 g/mol. The molecule has 4 bridgehead atoms. The number of hydrogen-bond donors (Lipinski definition) is 2. The van der Waals surface area contributed by atoms with Crippen molar-refractivity contribution < 1.29 is 14.7 Å². The van der Waals surface area contributed by atoms with Crippen LogP contribution in [0.3, 0.4) is 0 Å². The van der Waals surface area contributed by atoms with Crippen molar-refractivity contribution in [2.75, 3.05) is 32.8 Å². The van der Waals surface area contributed by atoms with Crippen molar-refractivity contribution >= 4 is 0 Å². The highest BCUT2D eigenvalue weighted by molar-refractivity contribution is 5.01. The second kappa shape index (κ2) is 6.55. The van der Waals surface area contributed by atoms with Crippen LogP contribution in [0, 0.1) is 23.2 Å². The van der Waals surface area contributed by atoms with Crippen LogP contribution in [-0.2, 0) is 4.74 Å². The van der Waals surface area contributed by atoms with Gasteiger partial charge in [-0.3, -0.25) is 0 Å². The number of nitrogens with one attached hydrogen (secondary N) is 1. The van der Waals surface area contributed by atoms with Crippen molar-refractivity contribution in [1.29, 1.82) is 0 Å². The standard InChI is InChI=1S/C18H33NO2/c1-3-19(4-2)11-17(20)12-21-13-18-8-14-5-15(9-18)7-16(6-14)10-18/h14-17,20H,3-13H2,1-2H3/p+1/t14?,15?,16?,17-,18?/m1/s1. The van der Waals surface area contributed by atoms with Gasteiger partial charge in [-0.1, -0.05) is 0 Å². The summed E-state index contributed by atoms with van der Waals surface area (Å²) >= 11 is 0. The predicted octanol–water partition coefficient (Wildman–Crippen LogP) is 1.51. The van der Waals surface area contributed by atoms with E-state index in [-0.39, 0.29) is 6.10 Å². The predicted molar refractivity (Wildman–Crippen MR) is 84.3 cm³/mol. The van der Waals surface area contributed by atoms with Gasteiger partial charge in [-0.05, 0) is 75.5 Å². The topological polar surface area (TPSA) is 33.9 Å². The van der Waals surface area contributed by atoms with Gasteiger partial charge in [-0.2, -0.15) is 0 Å². The maximum absolute atomic E-state index is 10.1. The summed E-state index contributed by atoms with van der Waals surface area (Å²) in [6.07, 6.45) is 8.38. The van der Waals surface area contributed by atoms with Crippen LogP contribution in [0.4, 0.5) is 0 Å². The Kier molecular flexibility index (Phi) is 4.92. The molecule has 122 valence electrons. The quantitative estimate of drug-likeness (QED) is 0.712. The lowest BCUT2D eigenvalue weighted by molar-refractivity contribution is -0.899. The fraction of sp³-hybridized carbons (Fsp3) is 1.00. The minimum absolute atomic E-state index is 0.297. The fourth-order valence-corrected chi connectivity index (χ4v) is 5.81. The first-order valence-corrected chi connectivity index (χ1v) is 9.22. The Morgan fingerprint density at radius 2 is 1.57 bits per heavy atom. The third kappa shape index (κ3) is 3.62. The second-order valence-corrected chi connectivity index (χ2v) is 8.25. The van der Waals surface area contributed by atoms with Gasteiger partial charge in [0.05, 0.1) is 26.3 Å². The molecule has 3 nitrogen and oxygen atoms in total. The van der Waals surface area contributed by atoms with Crippen LogP contribution in [0.15, 0.2) is 0 Å². The Labute approximate surface area is 130 Å². The highest BCUT2D eigenvalue weighted by Gasteiger charge is 2.50. The van der Waals surface area contributed by atoms with E-state index in [0.717, 1.165) is 44.0 Å². The molecule has 4 fully saturated rings. The smallest absolute Gasteiger partial charge is 0.126 e. The molecular formula is C18H34NO2+. The van der Waals surface area contributed by atoms with E-state index in [1.54, 1.807) is 0 Å². The van der Waals surface area contributed by atoms with E-state index in [4.69, 9.17) is 4.74 Å². The zero-order valence-electron chi connectivity index (χ0n) is 13.9. The summed E-state index contributed by atoms with van der Waals surface area (Å²) in [5.41, 5.74) is 0.483. The van der Waals surface area contributed by atoms with E-state index in [9.17, 15) is 5.11 Å². The normalized spacial score (nSPS) is 39.1. The number of aliphatic hydroxyl groups excluding tert-OH is 1. The lowest BCUT2D eigenvalue weighted by Gasteiger charge is -2.56. The van der Waals surface area contributed by atoms with Gasteiger partial charge in [0.25, 0.3) is 0 Å². The van der Waals surface area contributed by atoms with Crippen LogP contribution >= 0.6 is 0 Å². The Bertz CT molecular complexity index is 305. The summed E-state index contributed by atoms with van der Waals surface area (Å²) in [6.45, 7) is 8.80. The Hall–Kier alpha value is -0.120. The molecule has 4 saturated carbocycles. The number of rotatable bonds is 8. The van der Waals surface area contributed by atoms with Gasteiger partial charge in [-0.15, -0.1) is 0 Å². The summed E-state index contributed by atoms with van der Waals surface area (Å²) in [6, 6.07) is 0. The molecule has 0 unspecified atom stereocenters. The molecule has 21 heavy (non-hydrogen) atoms. The first-order chi connectivity index (χ1) is 10.1. The Balaban J connectivity index is 1.43. The molecule has 4 aliphatic carbocycles. The monoisotopic (exact) mass is 296 g/mol. The van der Waals surface area contributed by atoms with Crippen molar-refractivity contribution in [3.63, 3.8) is 0 Å². The molecule has 0 aliphatic heterocycles. The zero-order chi connectivity index (χ0) is 14.9. The van der Waals surface area contributed by atoms with E-state index in [0.29, 0.717) is 12.0 Å². The van der Waals surface area contributed by atoms with E-state index in [1.807, 2.05) is 0 Å². The maximum atomic E-state index is 10.1. The van der Waals surface area contributed by atoms with Crippen LogP contribution in [0.25, 0.3) is 0 Å². The first kappa shape index (κ1) is 15.8. The molecule has 0 radical (unpaired) electrons. The number of ether oxygens (including phenoxy) is 1. The SMILES string of the molecule is CC[NH+](CC)C[C@@H](O)COCC12CC3CC(CC(C3)C1)C2. The minimum Gasteiger partial charge on any atom is -0.385 e. The van der Waals surface area contributed by atoms with E-state index >= 15 is 0 Å². The fourth-order valence-electron chi connectivity index (χ4n) is 5.81. The van der Waals surface area contributed by atoms with Gasteiger partial charge in [0.2, 0.25) is 0 Å². The Morgan fingerprint density at radius 1 is 1.05 bits per heavy atom. The van der Waals surface area contributed by atoms with E-state index < -0.39 is 0 Å².